The predicted molar refractivity (Wildman–Crippen MR) is 142 cm³/mol. The highest BCUT2D eigenvalue weighted by atomic mass is 35.5. The minimum atomic E-state index is -0.280. The molecule has 1 aromatic heterocycles. The van der Waals surface area contributed by atoms with Crippen molar-refractivity contribution >= 4 is 51.4 Å². The van der Waals surface area contributed by atoms with Crippen LogP contribution in [0.25, 0.3) is 22.5 Å². The maximum atomic E-state index is 13.3. The molecule has 7 heteroatoms. The number of imide groups is 1. The number of aromatic nitrogens is 1. The van der Waals surface area contributed by atoms with E-state index in [-0.39, 0.29) is 17.7 Å². The average Bonchev–Trinajstić information content (AvgIpc) is 3.28. The lowest BCUT2D eigenvalue weighted by atomic mass is 10.0. The van der Waals surface area contributed by atoms with Crippen molar-refractivity contribution in [3.63, 3.8) is 0 Å². The summed E-state index contributed by atoms with van der Waals surface area (Å²) < 4.78 is 7.57. The second kappa shape index (κ2) is 9.29. The normalized spacial score (nSPS) is 15.0. The number of halogens is 1. The van der Waals surface area contributed by atoms with Crippen LogP contribution in [0.4, 0.5) is 4.79 Å². The summed E-state index contributed by atoms with van der Waals surface area (Å²) in [5.74, 6) is 0.413. The predicted octanol–water partition coefficient (Wildman–Crippen LogP) is 7.15. The molecule has 1 aliphatic rings. The molecule has 0 unspecified atom stereocenters. The summed E-state index contributed by atoms with van der Waals surface area (Å²) in [7, 11) is 1.62. The summed E-state index contributed by atoms with van der Waals surface area (Å²) in [6.07, 6.45) is 1.80. The van der Waals surface area contributed by atoms with Crippen LogP contribution in [0, 0.1) is 13.8 Å². The van der Waals surface area contributed by atoms with Gasteiger partial charge in [0.05, 0.1) is 24.2 Å². The summed E-state index contributed by atoms with van der Waals surface area (Å²) >= 11 is 7.23. The Labute approximate surface area is 212 Å². The van der Waals surface area contributed by atoms with Gasteiger partial charge in [0.25, 0.3) is 11.1 Å². The summed E-state index contributed by atoms with van der Waals surface area (Å²) in [5, 5.41) is 2.46. The van der Waals surface area contributed by atoms with Gasteiger partial charge in [-0.1, -0.05) is 54.1 Å². The fourth-order valence-corrected chi connectivity index (χ4v) is 5.52. The number of fused-ring (bicyclic) bond motifs is 1. The van der Waals surface area contributed by atoms with Crippen LogP contribution in [0.15, 0.2) is 71.6 Å². The van der Waals surface area contributed by atoms with Crippen molar-refractivity contribution in [2.75, 3.05) is 7.11 Å². The molecule has 2 amide bonds. The Hall–Kier alpha value is -3.48. The Morgan fingerprint density at radius 1 is 1.00 bits per heavy atom. The third-order valence-electron chi connectivity index (χ3n) is 6.22. The van der Waals surface area contributed by atoms with Gasteiger partial charge in [0, 0.05) is 16.4 Å². The topological polar surface area (TPSA) is 51.5 Å². The molecule has 0 saturated carbocycles. The molecule has 2 heterocycles. The molecule has 0 N–H and O–H groups in total. The van der Waals surface area contributed by atoms with E-state index >= 15 is 0 Å². The van der Waals surface area contributed by atoms with Crippen LogP contribution in [0.3, 0.4) is 0 Å². The number of amides is 2. The van der Waals surface area contributed by atoms with E-state index < -0.39 is 0 Å². The Balaban J connectivity index is 1.48. The van der Waals surface area contributed by atoms with Crippen molar-refractivity contribution in [3.05, 3.63) is 99.2 Å². The zero-order valence-corrected chi connectivity index (χ0v) is 21.1. The summed E-state index contributed by atoms with van der Waals surface area (Å²) in [6.45, 7) is 4.19. The Bertz CT molecular complexity index is 1520. The summed E-state index contributed by atoms with van der Waals surface area (Å²) in [5.41, 5.74) is 4.50. The highest BCUT2D eigenvalue weighted by molar-refractivity contribution is 8.18. The van der Waals surface area contributed by atoms with Gasteiger partial charge in [-0.2, -0.15) is 0 Å². The number of nitrogens with zero attached hydrogens (tertiary/aromatic N) is 2. The lowest BCUT2D eigenvalue weighted by Crippen LogP contribution is -2.27. The van der Waals surface area contributed by atoms with Crippen LogP contribution in [0.5, 0.6) is 5.75 Å². The van der Waals surface area contributed by atoms with Crippen LogP contribution in [0.1, 0.15) is 22.5 Å². The third-order valence-corrected chi connectivity index (χ3v) is 7.36. The fraction of sp³-hybridized carbons (Fsp3) is 0.143. The third kappa shape index (κ3) is 4.24. The van der Waals surface area contributed by atoms with Gasteiger partial charge in [0.15, 0.2) is 0 Å². The number of methoxy groups -OCH3 is 1. The molecule has 4 aromatic rings. The highest BCUT2D eigenvalue weighted by Gasteiger charge is 2.35. The quantitative estimate of drug-likeness (QED) is 0.272. The molecule has 5 nitrogen and oxygen atoms in total. The van der Waals surface area contributed by atoms with Gasteiger partial charge in [-0.05, 0) is 77.9 Å². The van der Waals surface area contributed by atoms with Crippen LogP contribution >= 0.6 is 23.4 Å². The molecule has 0 bridgehead atoms. The van der Waals surface area contributed by atoms with E-state index in [1.54, 1.807) is 19.3 Å². The van der Waals surface area contributed by atoms with Crippen molar-refractivity contribution in [2.24, 2.45) is 0 Å². The van der Waals surface area contributed by atoms with Gasteiger partial charge in [-0.15, -0.1) is 0 Å². The van der Waals surface area contributed by atoms with Crippen molar-refractivity contribution in [1.82, 2.24) is 9.47 Å². The zero-order chi connectivity index (χ0) is 24.7. The second-order valence-corrected chi connectivity index (χ2v) is 9.81. The standard InChI is InChI=1S/C28H23ClN2O3S/c1-17-13-21(18(2)31(17)24-15-22(29)11-12-25(24)34-3)14-26-27(32)30(28(33)35-26)16-20-9-6-8-19-7-4-5-10-23(19)20/h4-15H,16H2,1-3H3/b26-14+. The largest absolute Gasteiger partial charge is 0.495 e. The molecule has 0 radical (unpaired) electrons. The van der Waals surface area contributed by atoms with Crippen LogP contribution < -0.4 is 4.74 Å². The van der Waals surface area contributed by atoms with Gasteiger partial charge < -0.3 is 9.30 Å². The first-order valence-corrected chi connectivity index (χ1v) is 12.3. The van der Waals surface area contributed by atoms with Gasteiger partial charge in [0.1, 0.15) is 5.75 Å². The number of thioether (sulfide) groups is 1. The van der Waals surface area contributed by atoms with Crippen molar-refractivity contribution < 1.29 is 14.3 Å². The van der Waals surface area contributed by atoms with Gasteiger partial charge in [0.2, 0.25) is 0 Å². The van der Waals surface area contributed by atoms with E-state index in [4.69, 9.17) is 16.3 Å². The highest BCUT2D eigenvalue weighted by Crippen LogP contribution is 2.36. The first-order chi connectivity index (χ1) is 16.9. The Kier molecular flexibility index (Phi) is 6.17. The molecule has 0 atom stereocenters. The monoisotopic (exact) mass is 502 g/mol. The molecule has 5 rings (SSSR count). The van der Waals surface area contributed by atoms with Gasteiger partial charge in [-0.25, -0.2) is 0 Å². The molecular formula is C28H23ClN2O3S. The number of carbonyl (C=O) groups is 2. The van der Waals surface area contributed by atoms with Crippen LogP contribution in [0.2, 0.25) is 5.02 Å². The number of aryl methyl sites for hydroxylation is 1. The van der Waals surface area contributed by atoms with Gasteiger partial charge in [-0.3, -0.25) is 14.5 Å². The molecule has 0 spiro atoms. The number of hydrogen-bond donors (Lipinski definition) is 0. The molecule has 1 fully saturated rings. The summed E-state index contributed by atoms with van der Waals surface area (Å²) in [6, 6.07) is 21.4. The molecule has 1 aliphatic heterocycles. The van der Waals surface area contributed by atoms with E-state index in [0.717, 1.165) is 50.7 Å². The molecule has 35 heavy (non-hydrogen) atoms. The van der Waals surface area contributed by atoms with Crippen molar-refractivity contribution in [1.29, 1.82) is 0 Å². The maximum absolute atomic E-state index is 13.3. The minimum Gasteiger partial charge on any atom is -0.495 e. The van der Waals surface area contributed by atoms with Gasteiger partial charge >= 0.3 is 0 Å². The number of hydrogen-bond acceptors (Lipinski definition) is 4. The van der Waals surface area contributed by atoms with E-state index in [1.807, 2.05) is 79.1 Å². The Morgan fingerprint density at radius 3 is 2.57 bits per heavy atom. The van der Waals surface area contributed by atoms with Crippen molar-refractivity contribution in [3.8, 4) is 11.4 Å². The number of carbonyl (C=O) groups excluding carboxylic acids is 2. The first kappa shape index (κ1) is 23.3. The minimum absolute atomic E-state index is 0.238. The molecule has 0 aliphatic carbocycles. The zero-order valence-electron chi connectivity index (χ0n) is 19.5. The van der Waals surface area contributed by atoms with Crippen molar-refractivity contribution in [2.45, 2.75) is 20.4 Å². The van der Waals surface area contributed by atoms with E-state index in [2.05, 4.69) is 0 Å². The second-order valence-electron chi connectivity index (χ2n) is 8.38. The fourth-order valence-electron chi connectivity index (χ4n) is 4.52. The van der Waals surface area contributed by atoms with E-state index in [0.29, 0.717) is 15.7 Å². The molecule has 176 valence electrons. The van der Waals surface area contributed by atoms with Crippen LogP contribution in [-0.4, -0.2) is 27.7 Å². The maximum Gasteiger partial charge on any atom is 0.293 e. The lowest BCUT2D eigenvalue weighted by molar-refractivity contribution is -0.123. The number of benzene rings is 3. The SMILES string of the molecule is COc1ccc(Cl)cc1-n1c(C)cc(/C=C2/SC(=O)N(Cc3cccc4ccccc34)C2=O)c1C. The van der Waals surface area contributed by atoms with E-state index in [1.165, 1.54) is 4.90 Å². The molecule has 1 saturated heterocycles. The van der Waals surface area contributed by atoms with E-state index in [9.17, 15) is 9.59 Å². The Morgan fingerprint density at radius 2 is 1.77 bits per heavy atom. The number of ether oxygens (including phenoxy) is 1. The van der Waals surface area contributed by atoms with Crippen LogP contribution in [-0.2, 0) is 11.3 Å². The first-order valence-electron chi connectivity index (χ1n) is 11.1. The molecular weight excluding hydrogens is 480 g/mol. The smallest absolute Gasteiger partial charge is 0.293 e. The number of rotatable bonds is 5. The average molecular weight is 503 g/mol. The lowest BCUT2D eigenvalue weighted by Gasteiger charge is -2.14. The summed E-state index contributed by atoms with van der Waals surface area (Å²) in [4.78, 5) is 27.8. The molecule has 3 aromatic carbocycles.